The van der Waals surface area contributed by atoms with Gasteiger partial charge in [-0.2, -0.15) is 0 Å². The second kappa shape index (κ2) is 4.95. The highest BCUT2D eigenvalue weighted by molar-refractivity contribution is 5.86. The van der Waals surface area contributed by atoms with Gasteiger partial charge in [0.25, 0.3) is 0 Å². The molecule has 2 nitrogen and oxygen atoms in total. The SMILES string of the molecule is COC1CCCCC1(O)c1cccc2ccccc12. The van der Waals surface area contributed by atoms with Crippen molar-refractivity contribution in [3.05, 3.63) is 48.0 Å². The van der Waals surface area contributed by atoms with Crippen LogP contribution in [-0.4, -0.2) is 18.3 Å². The summed E-state index contributed by atoms with van der Waals surface area (Å²) in [5.41, 5.74) is 0.158. The van der Waals surface area contributed by atoms with Crippen molar-refractivity contribution in [2.45, 2.75) is 37.4 Å². The lowest BCUT2D eigenvalue weighted by atomic mass is 9.76. The Morgan fingerprint density at radius 3 is 2.74 bits per heavy atom. The summed E-state index contributed by atoms with van der Waals surface area (Å²) in [4.78, 5) is 0. The molecule has 2 atom stereocenters. The number of benzene rings is 2. The van der Waals surface area contributed by atoms with Crippen molar-refractivity contribution >= 4 is 10.8 Å². The lowest BCUT2D eigenvalue weighted by molar-refractivity contribution is -0.121. The number of hydrogen-bond acceptors (Lipinski definition) is 2. The van der Waals surface area contributed by atoms with Crippen LogP contribution in [0, 0.1) is 0 Å². The first-order chi connectivity index (χ1) is 9.25. The molecule has 0 bridgehead atoms. The largest absolute Gasteiger partial charge is 0.382 e. The molecule has 2 aromatic carbocycles. The maximum atomic E-state index is 11.2. The third-order valence-electron chi connectivity index (χ3n) is 4.35. The van der Waals surface area contributed by atoms with E-state index in [0.29, 0.717) is 0 Å². The molecule has 100 valence electrons. The van der Waals surface area contributed by atoms with Crippen molar-refractivity contribution in [2.24, 2.45) is 0 Å². The Morgan fingerprint density at radius 1 is 1.11 bits per heavy atom. The van der Waals surface area contributed by atoms with Crippen molar-refractivity contribution in [3.8, 4) is 0 Å². The Balaban J connectivity index is 2.16. The summed E-state index contributed by atoms with van der Waals surface area (Å²) < 4.78 is 5.56. The highest BCUT2D eigenvalue weighted by Crippen LogP contribution is 2.41. The van der Waals surface area contributed by atoms with Gasteiger partial charge in [0.15, 0.2) is 0 Å². The van der Waals surface area contributed by atoms with Gasteiger partial charge in [-0.1, -0.05) is 55.3 Å². The molecule has 0 heterocycles. The molecule has 1 N–H and O–H groups in total. The summed E-state index contributed by atoms with van der Waals surface area (Å²) in [5, 5.41) is 13.5. The van der Waals surface area contributed by atoms with E-state index in [9.17, 15) is 5.11 Å². The van der Waals surface area contributed by atoms with Crippen molar-refractivity contribution in [2.75, 3.05) is 7.11 Å². The number of rotatable bonds is 2. The van der Waals surface area contributed by atoms with E-state index in [1.807, 2.05) is 24.3 Å². The molecule has 2 aromatic rings. The normalized spacial score (nSPS) is 27.6. The topological polar surface area (TPSA) is 29.5 Å². The summed E-state index contributed by atoms with van der Waals surface area (Å²) in [7, 11) is 1.70. The average molecular weight is 256 g/mol. The minimum absolute atomic E-state index is 0.105. The van der Waals surface area contributed by atoms with Crippen LogP contribution in [0.5, 0.6) is 0 Å². The van der Waals surface area contributed by atoms with Crippen molar-refractivity contribution in [1.82, 2.24) is 0 Å². The van der Waals surface area contributed by atoms with E-state index in [1.165, 1.54) is 5.39 Å². The van der Waals surface area contributed by atoms with Crippen molar-refractivity contribution in [1.29, 1.82) is 0 Å². The first-order valence-electron chi connectivity index (χ1n) is 6.99. The molecule has 0 saturated heterocycles. The van der Waals surface area contributed by atoms with Crippen molar-refractivity contribution < 1.29 is 9.84 Å². The minimum Gasteiger partial charge on any atom is -0.382 e. The average Bonchev–Trinajstić information content (AvgIpc) is 2.47. The van der Waals surface area contributed by atoms with Crippen LogP contribution in [0.1, 0.15) is 31.2 Å². The lowest BCUT2D eigenvalue weighted by Crippen LogP contribution is -2.43. The van der Waals surface area contributed by atoms with Crippen LogP contribution in [-0.2, 0) is 10.3 Å². The minimum atomic E-state index is -0.853. The highest BCUT2D eigenvalue weighted by atomic mass is 16.5. The number of fused-ring (bicyclic) bond motifs is 1. The highest BCUT2D eigenvalue weighted by Gasteiger charge is 2.41. The molecule has 1 aliphatic carbocycles. The van der Waals surface area contributed by atoms with E-state index < -0.39 is 5.60 Å². The molecule has 2 unspecified atom stereocenters. The molecule has 1 saturated carbocycles. The van der Waals surface area contributed by atoms with Crippen LogP contribution >= 0.6 is 0 Å². The lowest BCUT2D eigenvalue weighted by Gasteiger charge is -2.40. The van der Waals surface area contributed by atoms with Gasteiger partial charge >= 0.3 is 0 Å². The zero-order chi connectivity index (χ0) is 13.3. The van der Waals surface area contributed by atoms with E-state index in [4.69, 9.17) is 4.74 Å². The van der Waals surface area contributed by atoms with Gasteiger partial charge in [-0.3, -0.25) is 0 Å². The molecule has 0 radical (unpaired) electrons. The molecule has 0 spiro atoms. The summed E-state index contributed by atoms with van der Waals surface area (Å²) in [6, 6.07) is 14.4. The van der Waals surface area contributed by atoms with Crippen LogP contribution in [0.15, 0.2) is 42.5 Å². The summed E-state index contributed by atoms with van der Waals surface area (Å²) in [6.45, 7) is 0. The first-order valence-corrected chi connectivity index (χ1v) is 6.99. The smallest absolute Gasteiger partial charge is 0.116 e. The summed E-state index contributed by atoms with van der Waals surface area (Å²) >= 11 is 0. The fourth-order valence-electron chi connectivity index (χ4n) is 3.35. The Labute approximate surface area is 114 Å². The molecule has 1 fully saturated rings. The quantitative estimate of drug-likeness (QED) is 0.889. The Morgan fingerprint density at radius 2 is 1.89 bits per heavy atom. The van der Waals surface area contributed by atoms with Crippen molar-refractivity contribution in [3.63, 3.8) is 0 Å². The number of aliphatic hydroxyl groups is 1. The predicted octanol–water partition coefficient (Wildman–Crippen LogP) is 3.62. The van der Waals surface area contributed by atoms with Gasteiger partial charge in [0.05, 0.1) is 6.10 Å². The van der Waals surface area contributed by atoms with Gasteiger partial charge < -0.3 is 9.84 Å². The number of methoxy groups -OCH3 is 1. The van der Waals surface area contributed by atoms with Crippen LogP contribution in [0.4, 0.5) is 0 Å². The van der Waals surface area contributed by atoms with E-state index in [-0.39, 0.29) is 6.10 Å². The van der Waals surface area contributed by atoms with Gasteiger partial charge in [0.1, 0.15) is 5.60 Å². The fraction of sp³-hybridized carbons (Fsp3) is 0.412. The zero-order valence-corrected chi connectivity index (χ0v) is 11.3. The predicted molar refractivity (Wildman–Crippen MR) is 77.1 cm³/mol. The van der Waals surface area contributed by atoms with E-state index in [0.717, 1.165) is 36.6 Å². The van der Waals surface area contributed by atoms with Crippen LogP contribution in [0.2, 0.25) is 0 Å². The second-order valence-electron chi connectivity index (χ2n) is 5.42. The van der Waals surface area contributed by atoms with E-state index in [1.54, 1.807) is 7.11 Å². The molecule has 0 amide bonds. The number of hydrogen-bond donors (Lipinski definition) is 1. The zero-order valence-electron chi connectivity index (χ0n) is 11.3. The molecule has 19 heavy (non-hydrogen) atoms. The van der Waals surface area contributed by atoms with Gasteiger partial charge in [0, 0.05) is 7.11 Å². The molecule has 3 rings (SSSR count). The third kappa shape index (κ3) is 2.05. The maximum absolute atomic E-state index is 11.2. The Hall–Kier alpha value is -1.38. The Kier molecular flexibility index (Phi) is 3.29. The monoisotopic (exact) mass is 256 g/mol. The van der Waals surface area contributed by atoms with Gasteiger partial charge in [-0.15, -0.1) is 0 Å². The standard InChI is InChI=1S/C17H20O2/c1-19-16-11-4-5-12-17(16,18)15-10-6-8-13-7-2-3-9-14(13)15/h2-3,6-10,16,18H,4-5,11-12H2,1H3. The fourth-order valence-corrected chi connectivity index (χ4v) is 3.35. The van der Waals surface area contributed by atoms with Gasteiger partial charge in [0.2, 0.25) is 0 Å². The molecule has 2 heteroatoms. The van der Waals surface area contributed by atoms with Gasteiger partial charge in [-0.25, -0.2) is 0 Å². The van der Waals surface area contributed by atoms with Crippen LogP contribution in [0.25, 0.3) is 10.8 Å². The van der Waals surface area contributed by atoms with E-state index >= 15 is 0 Å². The van der Waals surface area contributed by atoms with E-state index in [2.05, 4.69) is 18.2 Å². The maximum Gasteiger partial charge on any atom is 0.116 e. The van der Waals surface area contributed by atoms with Gasteiger partial charge in [-0.05, 0) is 29.2 Å². The number of ether oxygens (including phenoxy) is 1. The van der Waals surface area contributed by atoms with Crippen LogP contribution < -0.4 is 0 Å². The molecular formula is C17H20O2. The summed E-state index contributed by atoms with van der Waals surface area (Å²) in [6.07, 6.45) is 3.79. The molecule has 0 aliphatic heterocycles. The molecular weight excluding hydrogens is 236 g/mol. The molecule has 1 aliphatic rings. The third-order valence-corrected chi connectivity index (χ3v) is 4.35. The molecule has 0 aromatic heterocycles. The van der Waals surface area contributed by atoms with Crippen LogP contribution in [0.3, 0.4) is 0 Å². The second-order valence-corrected chi connectivity index (χ2v) is 5.42. The Bertz CT molecular complexity index is 573. The summed E-state index contributed by atoms with van der Waals surface area (Å²) in [5.74, 6) is 0. The first kappa shape index (κ1) is 12.6.